The van der Waals surface area contributed by atoms with Crippen molar-refractivity contribution in [2.75, 3.05) is 46.9 Å². The van der Waals surface area contributed by atoms with Crippen LogP contribution >= 0.6 is 0 Å². The first-order valence-electron chi connectivity index (χ1n) is 20.1. The molecule has 1 saturated carbocycles. The Balaban J connectivity index is 1.46. The van der Waals surface area contributed by atoms with Crippen LogP contribution < -0.4 is 5.32 Å². The van der Waals surface area contributed by atoms with Gasteiger partial charge in [-0.2, -0.15) is 0 Å². The van der Waals surface area contributed by atoms with Crippen LogP contribution in [0, 0.1) is 11.8 Å². The summed E-state index contributed by atoms with van der Waals surface area (Å²) in [6, 6.07) is 7.89. The number of hydrogen-bond donors (Lipinski definition) is 3. The van der Waals surface area contributed by atoms with Crippen LogP contribution in [0.1, 0.15) is 95.7 Å². The van der Waals surface area contributed by atoms with Gasteiger partial charge in [-0.1, -0.05) is 76.3 Å². The molecule has 4 rings (SSSR count). The summed E-state index contributed by atoms with van der Waals surface area (Å²) in [6.45, 7) is 6.89. The number of H-pyrrole nitrogens is 1. The van der Waals surface area contributed by atoms with E-state index in [4.69, 9.17) is 9.47 Å². The molecule has 0 radical (unpaired) electrons. The van der Waals surface area contributed by atoms with E-state index >= 15 is 0 Å². The average Bonchev–Trinajstić information content (AvgIpc) is 3.71. The van der Waals surface area contributed by atoms with E-state index < -0.39 is 36.3 Å². The van der Waals surface area contributed by atoms with Crippen molar-refractivity contribution >= 4 is 23.8 Å². The maximum Gasteiger partial charge on any atom is 0.410 e. The Bertz CT molecular complexity index is 1410. The number of amides is 4. The number of imidazole rings is 1. The molecule has 0 unspecified atom stereocenters. The second-order valence-corrected chi connectivity index (χ2v) is 15.6. The average molecular weight is 753 g/mol. The van der Waals surface area contributed by atoms with Crippen molar-refractivity contribution in [2.45, 2.75) is 122 Å². The smallest absolute Gasteiger partial charge is 0.410 e. The first-order valence-corrected chi connectivity index (χ1v) is 20.1. The van der Waals surface area contributed by atoms with Gasteiger partial charge in [0.05, 0.1) is 37.4 Å². The fourth-order valence-corrected chi connectivity index (χ4v) is 7.37. The number of aromatic amines is 1. The van der Waals surface area contributed by atoms with Crippen LogP contribution in [0.4, 0.5) is 4.79 Å². The molecule has 300 valence electrons. The zero-order valence-electron chi connectivity index (χ0n) is 32.9. The van der Waals surface area contributed by atoms with Crippen molar-refractivity contribution in [3.63, 3.8) is 0 Å². The van der Waals surface area contributed by atoms with E-state index in [1.807, 2.05) is 35.2 Å². The summed E-state index contributed by atoms with van der Waals surface area (Å²) in [6.07, 6.45) is 10.2. The lowest BCUT2D eigenvalue weighted by Crippen LogP contribution is -2.56. The molecular formula is C41H64N6O7. The van der Waals surface area contributed by atoms with Crippen LogP contribution in [-0.2, 0) is 36.7 Å². The minimum absolute atomic E-state index is 0.0823. The number of unbranched alkanes of at least 4 members (excludes halogenated alkanes) is 1. The molecule has 54 heavy (non-hydrogen) atoms. The molecule has 1 saturated heterocycles. The van der Waals surface area contributed by atoms with Gasteiger partial charge in [-0.05, 0) is 49.5 Å². The fourth-order valence-electron chi connectivity index (χ4n) is 7.37. The number of nitrogens with zero attached hydrogens (tertiary/aromatic N) is 4. The van der Waals surface area contributed by atoms with Crippen molar-refractivity contribution < 1.29 is 33.8 Å². The molecule has 3 N–H and O–H groups in total. The van der Waals surface area contributed by atoms with Gasteiger partial charge in [0.15, 0.2) is 6.10 Å². The molecule has 1 aromatic carbocycles. The van der Waals surface area contributed by atoms with E-state index in [1.165, 1.54) is 22.5 Å². The molecule has 0 spiro atoms. The normalized spacial score (nSPS) is 17.3. The highest BCUT2D eigenvalue weighted by molar-refractivity contribution is 5.90. The molecule has 13 heteroatoms. The van der Waals surface area contributed by atoms with Gasteiger partial charge in [-0.25, -0.2) is 9.78 Å². The molecule has 4 atom stereocenters. The Hall–Kier alpha value is -3.97. The molecule has 4 amide bonds. The molecule has 2 aliphatic rings. The summed E-state index contributed by atoms with van der Waals surface area (Å²) >= 11 is 0. The summed E-state index contributed by atoms with van der Waals surface area (Å²) in [7, 11) is 3.18. The highest BCUT2D eigenvalue weighted by Crippen LogP contribution is 2.29. The molecule has 13 nitrogen and oxygen atoms in total. The van der Waals surface area contributed by atoms with Crippen molar-refractivity contribution in [3.05, 3.63) is 54.1 Å². The number of likely N-dealkylation sites (N-methyl/N-ethyl adjacent to an activating group) is 1. The Kier molecular flexibility index (Phi) is 17.8. The Morgan fingerprint density at radius 1 is 1.02 bits per heavy atom. The number of carbonyl (C=O) groups is 4. The lowest BCUT2D eigenvalue weighted by molar-refractivity contribution is -0.146. The monoisotopic (exact) mass is 752 g/mol. The summed E-state index contributed by atoms with van der Waals surface area (Å²) in [5, 5.41) is 14.6. The molecule has 0 bridgehead atoms. The number of nitrogens with one attached hydrogen (secondary N) is 2. The van der Waals surface area contributed by atoms with Gasteiger partial charge < -0.3 is 39.6 Å². The Morgan fingerprint density at radius 2 is 1.74 bits per heavy atom. The summed E-state index contributed by atoms with van der Waals surface area (Å²) < 4.78 is 11.3. The minimum Gasteiger partial charge on any atom is -0.436 e. The van der Waals surface area contributed by atoms with Crippen LogP contribution in [-0.4, -0.2) is 125 Å². The number of aliphatic hydroxyl groups is 1. The van der Waals surface area contributed by atoms with Gasteiger partial charge in [0, 0.05) is 59.2 Å². The maximum atomic E-state index is 14.4. The third-order valence-electron chi connectivity index (χ3n) is 10.8. The number of benzene rings is 1. The standard InChI is InChI=1S/C41H64N6O7/c1-30(2)18-19-36(48)34(25-31-13-7-5-8-14-31)44-39(50)35(27-33-28-42-29-43-33)46(4)40(51)37(26-32-15-9-6-10-16-32)54-41(52)45(3)20-12-11-17-38(49)47-21-23-53-24-22-47/h6,9-10,15-16,28-31,34-37,48H,5,7-8,11-14,17-27H2,1-4H3,(H,42,43)(H,44,50)/t34-,35-,36-,37-/m0/s1. The number of aromatic nitrogens is 2. The van der Waals surface area contributed by atoms with Gasteiger partial charge >= 0.3 is 6.09 Å². The Morgan fingerprint density at radius 3 is 2.41 bits per heavy atom. The lowest BCUT2D eigenvalue weighted by Gasteiger charge is -2.34. The zero-order valence-corrected chi connectivity index (χ0v) is 32.9. The van der Waals surface area contributed by atoms with Crippen molar-refractivity contribution in [1.82, 2.24) is 30.0 Å². The fraction of sp³-hybridized carbons (Fsp3) is 0.683. The second kappa shape index (κ2) is 22.4. The summed E-state index contributed by atoms with van der Waals surface area (Å²) in [4.78, 5) is 66.6. The molecule has 1 aliphatic carbocycles. The number of aliphatic hydroxyl groups excluding tert-OH is 1. The molecule has 2 aromatic rings. The van der Waals surface area contributed by atoms with Crippen LogP contribution in [0.5, 0.6) is 0 Å². The summed E-state index contributed by atoms with van der Waals surface area (Å²) in [5.41, 5.74) is 1.40. The number of morpholine rings is 1. The van der Waals surface area contributed by atoms with Crippen LogP contribution in [0.25, 0.3) is 0 Å². The number of hydrogen-bond acceptors (Lipinski definition) is 8. The van der Waals surface area contributed by atoms with Crippen molar-refractivity contribution in [2.24, 2.45) is 11.8 Å². The van der Waals surface area contributed by atoms with Gasteiger partial charge in [0.2, 0.25) is 11.8 Å². The largest absolute Gasteiger partial charge is 0.436 e. The van der Waals surface area contributed by atoms with Gasteiger partial charge in [0.25, 0.3) is 5.91 Å². The minimum atomic E-state index is -1.21. The second-order valence-electron chi connectivity index (χ2n) is 15.6. The van der Waals surface area contributed by atoms with E-state index in [2.05, 4.69) is 29.1 Å². The molecule has 1 aliphatic heterocycles. The first-order chi connectivity index (χ1) is 26.0. The SMILES string of the molecule is CC(C)CC[C@H](O)[C@H](CC1CCCCC1)NC(=O)[C@H](Cc1c[nH]cn1)N(C)C(=O)[C@H](Cc1ccccc1)OC(=O)N(C)CCCCC(=O)N1CCOCC1. The topological polar surface area (TPSA) is 157 Å². The third kappa shape index (κ3) is 14.0. The Labute approximate surface area is 321 Å². The highest BCUT2D eigenvalue weighted by Gasteiger charge is 2.36. The molecular weight excluding hydrogens is 688 g/mol. The van der Waals surface area contributed by atoms with Crippen LogP contribution in [0.15, 0.2) is 42.9 Å². The summed E-state index contributed by atoms with van der Waals surface area (Å²) in [5.74, 6) is 0.00999. The highest BCUT2D eigenvalue weighted by atomic mass is 16.6. The van der Waals surface area contributed by atoms with E-state index in [-0.39, 0.29) is 24.7 Å². The van der Waals surface area contributed by atoms with Crippen LogP contribution in [0.3, 0.4) is 0 Å². The third-order valence-corrected chi connectivity index (χ3v) is 10.8. The predicted octanol–water partition coefficient (Wildman–Crippen LogP) is 4.74. The number of rotatable bonds is 20. The van der Waals surface area contributed by atoms with Gasteiger partial charge in [0.1, 0.15) is 6.04 Å². The predicted molar refractivity (Wildman–Crippen MR) is 206 cm³/mol. The van der Waals surface area contributed by atoms with Crippen molar-refractivity contribution in [1.29, 1.82) is 0 Å². The van der Waals surface area contributed by atoms with Gasteiger partial charge in [-0.15, -0.1) is 0 Å². The van der Waals surface area contributed by atoms with E-state index in [0.717, 1.165) is 37.7 Å². The maximum absolute atomic E-state index is 14.4. The lowest BCUT2D eigenvalue weighted by atomic mass is 9.83. The van der Waals surface area contributed by atoms with E-state index in [0.29, 0.717) is 82.5 Å². The zero-order chi connectivity index (χ0) is 38.9. The number of ether oxygens (including phenoxy) is 2. The van der Waals surface area contributed by atoms with Crippen LogP contribution in [0.2, 0.25) is 0 Å². The molecule has 2 heterocycles. The van der Waals surface area contributed by atoms with Crippen molar-refractivity contribution in [3.8, 4) is 0 Å². The molecule has 2 fully saturated rings. The quantitative estimate of drug-likeness (QED) is 0.164. The molecule has 1 aromatic heterocycles. The van der Waals surface area contributed by atoms with E-state index in [9.17, 15) is 24.3 Å². The first kappa shape index (κ1) is 42.8. The van der Waals surface area contributed by atoms with E-state index in [1.54, 1.807) is 20.3 Å². The van der Waals surface area contributed by atoms with Gasteiger partial charge in [-0.3, -0.25) is 14.4 Å². The number of carbonyl (C=O) groups excluding carboxylic acids is 4.